The number of hydrogen-bond donors (Lipinski definition) is 1. The predicted octanol–water partition coefficient (Wildman–Crippen LogP) is 1.44. The number of ether oxygens (including phenoxy) is 1. The van der Waals surface area contributed by atoms with Crippen LogP contribution in [0.1, 0.15) is 23.0 Å². The summed E-state index contributed by atoms with van der Waals surface area (Å²) in [5.74, 6) is 0.492. The van der Waals surface area contributed by atoms with E-state index in [1.165, 1.54) is 17.0 Å². The van der Waals surface area contributed by atoms with Crippen molar-refractivity contribution >= 4 is 5.91 Å². The van der Waals surface area contributed by atoms with Gasteiger partial charge in [0.15, 0.2) is 0 Å². The summed E-state index contributed by atoms with van der Waals surface area (Å²) in [6.45, 7) is 2.88. The Morgan fingerprint density at radius 1 is 1.29 bits per heavy atom. The van der Waals surface area contributed by atoms with Gasteiger partial charge in [0, 0.05) is 25.2 Å². The molecular formula is C15H17N3O3. The Labute approximate surface area is 122 Å². The lowest BCUT2D eigenvalue weighted by Gasteiger charge is -2.18. The summed E-state index contributed by atoms with van der Waals surface area (Å²) in [5.41, 5.74) is 0.779. The van der Waals surface area contributed by atoms with Gasteiger partial charge in [-0.1, -0.05) is 18.2 Å². The number of nitrogens with zero attached hydrogens (tertiary/aromatic N) is 2. The number of nitrogens with one attached hydrogen (secondary N) is 1. The molecule has 1 aromatic heterocycles. The summed E-state index contributed by atoms with van der Waals surface area (Å²) in [4.78, 5) is 24.7. The third-order valence-corrected chi connectivity index (χ3v) is 2.92. The Kier molecular flexibility index (Phi) is 4.71. The Balaban J connectivity index is 2.14. The SMILES string of the molecule is CCOc1ccccc1CN(C)C(=O)c1ccc(=O)[nH]n1. The van der Waals surface area contributed by atoms with Gasteiger partial charge in [-0.05, 0) is 19.1 Å². The number of carbonyl (C=O) groups excluding carboxylic acids is 1. The van der Waals surface area contributed by atoms with Gasteiger partial charge in [0.25, 0.3) is 11.5 Å². The number of benzene rings is 1. The third-order valence-electron chi connectivity index (χ3n) is 2.92. The van der Waals surface area contributed by atoms with E-state index in [0.717, 1.165) is 11.3 Å². The van der Waals surface area contributed by atoms with Gasteiger partial charge < -0.3 is 9.64 Å². The molecule has 0 aliphatic rings. The quantitative estimate of drug-likeness (QED) is 0.903. The highest BCUT2D eigenvalue weighted by molar-refractivity contribution is 5.91. The van der Waals surface area contributed by atoms with Crippen LogP contribution in [-0.4, -0.2) is 34.7 Å². The van der Waals surface area contributed by atoms with Crippen LogP contribution < -0.4 is 10.3 Å². The summed E-state index contributed by atoms with van der Waals surface area (Å²) < 4.78 is 5.54. The third kappa shape index (κ3) is 3.68. The molecule has 0 unspecified atom stereocenters. The van der Waals surface area contributed by atoms with Gasteiger partial charge in [-0.2, -0.15) is 5.10 Å². The fraction of sp³-hybridized carbons (Fsp3) is 0.267. The van der Waals surface area contributed by atoms with Gasteiger partial charge in [-0.3, -0.25) is 9.59 Å². The van der Waals surface area contributed by atoms with Crippen molar-refractivity contribution in [2.24, 2.45) is 0 Å². The summed E-state index contributed by atoms with van der Waals surface area (Å²) in [6, 6.07) is 10.3. The maximum Gasteiger partial charge on any atom is 0.274 e. The second kappa shape index (κ2) is 6.69. The minimum absolute atomic E-state index is 0.200. The zero-order valence-electron chi connectivity index (χ0n) is 12.0. The summed E-state index contributed by atoms with van der Waals surface area (Å²) in [7, 11) is 1.68. The molecule has 0 saturated heterocycles. The van der Waals surface area contributed by atoms with Crippen molar-refractivity contribution in [1.29, 1.82) is 0 Å². The van der Waals surface area contributed by atoms with Gasteiger partial charge in [-0.25, -0.2) is 5.10 Å². The van der Waals surface area contributed by atoms with E-state index in [2.05, 4.69) is 10.2 Å². The number of amides is 1. The first kappa shape index (κ1) is 14.8. The smallest absolute Gasteiger partial charge is 0.274 e. The highest BCUT2D eigenvalue weighted by atomic mass is 16.5. The molecule has 2 rings (SSSR count). The van der Waals surface area contributed by atoms with E-state index in [0.29, 0.717) is 13.2 Å². The lowest BCUT2D eigenvalue weighted by atomic mass is 10.2. The number of aromatic amines is 1. The second-order valence-electron chi connectivity index (χ2n) is 4.51. The highest BCUT2D eigenvalue weighted by Crippen LogP contribution is 2.19. The Morgan fingerprint density at radius 2 is 2.05 bits per heavy atom. The van der Waals surface area contributed by atoms with Gasteiger partial charge >= 0.3 is 0 Å². The fourth-order valence-corrected chi connectivity index (χ4v) is 1.92. The fourth-order valence-electron chi connectivity index (χ4n) is 1.92. The van der Waals surface area contributed by atoms with Crippen LogP contribution in [0.15, 0.2) is 41.2 Å². The van der Waals surface area contributed by atoms with E-state index in [-0.39, 0.29) is 17.2 Å². The normalized spacial score (nSPS) is 10.2. The van der Waals surface area contributed by atoms with Crippen LogP contribution in [0.25, 0.3) is 0 Å². The zero-order chi connectivity index (χ0) is 15.2. The van der Waals surface area contributed by atoms with E-state index in [1.807, 2.05) is 31.2 Å². The van der Waals surface area contributed by atoms with Crippen molar-refractivity contribution < 1.29 is 9.53 Å². The van der Waals surface area contributed by atoms with Crippen molar-refractivity contribution in [3.8, 4) is 5.75 Å². The van der Waals surface area contributed by atoms with Crippen molar-refractivity contribution in [3.63, 3.8) is 0 Å². The summed E-state index contributed by atoms with van der Waals surface area (Å²) in [6.07, 6.45) is 0. The molecule has 0 atom stereocenters. The van der Waals surface area contributed by atoms with Crippen LogP contribution in [0.2, 0.25) is 0 Å². The molecule has 6 heteroatoms. The van der Waals surface area contributed by atoms with Crippen molar-refractivity contribution in [3.05, 3.63) is 58.0 Å². The average Bonchev–Trinajstić information content (AvgIpc) is 2.49. The highest BCUT2D eigenvalue weighted by Gasteiger charge is 2.15. The van der Waals surface area contributed by atoms with Crippen LogP contribution in [0.3, 0.4) is 0 Å². The van der Waals surface area contributed by atoms with Crippen LogP contribution in [0.4, 0.5) is 0 Å². The molecule has 0 saturated carbocycles. The van der Waals surface area contributed by atoms with Crippen LogP contribution >= 0.6 is 0 Å². The van der Waals surface area contributed by atoms with E-state index < -0.39 is 0 Å². The lowest BCUT2D eigenvalue weighted by Crippen LogP contribution is -2.28. The minimum atomic E-state index is -0.337. The molecule has 21 heavy (non-hydrogen) atoms. The van der Waals surface area contributed by atoms with E-state index in [1.54, 1.807) is 7.05 Å². The van der Waals surface area contributed by atoms with Crippen molar-refractivity contribution in [1.82, 2.24) is 15.1 Å². The monoisotopic (exact) mass is 287 g/mol. The number of aromatic nitrogens is 2. The van der Waals surface area contributed by atoms with Crippen LogP contribution in [0.5, 0.6) is 5.75 Å². The molecule has 1 amide bonds. The largest absolute Gasteiger partial charge is 0.494 e. The molecule has 0 spiro atoms. The van der Waals surface area contributed by atoms with E-state index in [4.69, 9.17) is 4.74 Å². The van der Waals surface area contributed by atoms with Crippen molar-refractivity contribution in [2.75, 3.05) is 13.7 Å². The number of para-hydroxylation sites is 1. The molecule has 0 aliphatic heterocycles. The van der Waals surface area contributed by atoms with Gasteiger partial charge in [0.1, 0.15) is 11.4 Å². The molecule has 1 aromatic carbocycles. The summed E-state index contributed by atoms with van der Waals surface area (Å²) in [5, 5.41) is 5.99. The summed E-state index contributed by atoms with van der Waals surface area (Å²) >= 11 is 0. The van der Waals surface area contributed by atoms with Gasteiger partial charge in [0.05, 0.1) is 6.61 Å². The lowest BCUT2D eigenvalue weighted by molar-refractivity contribution is 0.0777. The Hall–Kier alpha value is -2.63. The average molecular weight is 287 g/mol. The number of carbonyl (C=O) groups is 1. The first-order chi connectivity index (χ1) is 10.1. The maximum atomic E-state index is 12.2. The molecule has 0 radical (unpaired) electrons. The molecule has 1 N–H and O–H groups in total. The predicted molar refractivity (Wildman–Crippen MR) is 78.3 cm³/mol. The molecular weight excluding hydrogens is 270 g/mol. The minimum Gasteiger partial charge on any atom is -0.494 e. The molecule has 0 fully saturated rings. The van der Waals surface area contributed by atoms with Crippen LogP contribution in [-0.2, 0) is 6.54 Å². The van der Waals surface area contributed by atoms with Crippen LogP contribution in [0, 0.1) is 0 Å². The first-order valence-electron chi connectivity index (χ1n) is 6.63. The number of H-pyrrole nitrogens is 1. The van der Waals surface area contributed by atoms with E-state index in [9.17, 15) is 9.59 Å². The molecule has 110 valence electrons. The second-order valence-corrected chi connectivity index (χ2v) is 4.51. The molecule has 1 heterocycles. The standard InChI is InChI=1S/C15H17N3O3/c1-3-21-13-7-5-4-6-11(13)10-18(2)15(20)12-8-9-14(19)17-16-12/h4-9H,3,10H2,1-2H3,(H,17,19). The van der Waals surface area contributed by atoms with Crippen molar-refractivity contribution in [2.45, 2.75) is 13.5 Å². The topological polar surface area (TPSA) is 75.3 Å². The van der Waals surface area contributed by atoms with Gasteiger partial charge in [-0.15, -0.1) is 0 Å². The maximum absolute atomic E-state index is 12.2. The number of hydrogen-bond acceptors (Lipinski definition) is 4. The Morgan fingerprint density at radius 3 is 2.71 bits per heavy atom. The van der Waals surface area contributed by atoms with Gasteiger partial charge in [0.2, 0.25) is 0 Å². The molecule has 0 bridgehead atoms. The van der Waals surface area contributed by atoms with E-state index >= 15 is 0 Å². The zero-order valence-corrected chi connectivity index (χ0v) is 12.0. The molecule has 2 aromatic rings. The Bertz CT molecular complexity index is 661. The number of rotatable bonds is 5. The molecule has 6 nitrogen and oxygen atoms in total. The molecule has 0 aliphatic carbocycles. The first-order valence-corrected chi connectivity index (χ1v) is 6.63.